The van der Waals surface area contributed by atoms with Gasteiger partial charge < -0.3 is 15.2 Å². The van der Waals surface area contributed by atoms with E-state index in [1.54, 1.807) is 12.3 Å². The third kappa shape index (κ3) is 3.29. The first kappa shape index (κ1) is 17.6. The molecule has 2 aromatic carbocycles. The van der Waals surface area contributed by atoms with Crippen LogP contribution in [-0.4, -0.2) is 24.0 Å². The maximum Gasteiger partial charge on any atom is 0.234 e. The number of anilines is 2. The van der Waals surface area contributed by atoms with E-state index in [0.29, 0.717) is 5.52 Å². The summed E-state index contributed by atoms with van der Waals surface area (Å²) in [6, 6.07) is 12.6. The molecule has 4 nitrogen and oxygen atoms in total. The zero-order chi connectivity index (χ0) is 19.0. The molecular formula is C22H24FN3O. The van der Waals surface area contributed by atoms with Gasteiger partial charge in [-0.15, -0.1) is 0 Å². The Morgan fingerprint density at radius 3 is 2.52 bits per heavy atom. The van der Waals surface area contributed by atoms with E-state index in [2.05, 4.69) is 27.3 Å². The molecule has 2 N–H and O–H groups in total. The topological polar surface area (TPSA) is 48.1 Å². The zero-order valence-electron chi connectivity index (χ0n) is 15.7. The van der Waals surface area contributed by atoms with Gasteiger partial charge in [0, 0.05) is 41.6 Å². The summed E-state index contributed by atoms with van der Waals surface area (Å²) in [5.41, 5.74) is 2.76. The summed E-state index contributed by atoms with van der Waals surface area (Å²) in [6.45, 7) is 5.96. The SMILES string of the molecule is CC(C)(C(=O)Nc1ccc(N2CCCC2)cc1)c1c[nH]c2cc(F)ccc12. The minimum Gasteiger partial charge on any atom is -0.372 e. The fourth-order valence-electron chi connectivity index (χ4n) is 3.76. The first-order valence-electron chi connectivity index (χ1n) is 9.39. The molecule has 1 saturated heterocycles. The van der Waals surface area contributed by atoms with Gasteiger partial charge in [-0.05, 0) is 74.7 Å². The minimum absolute atomic E-state index is 0.0957. The molecule has 4 rings (SSSR count). The Morgan fingerprint density at radius 1 is 1.11 bits per heavy atom. The van der Waals surface area contributed by atoms with Crippen LogP contribution in [0.5, 0.6) is 0 Å². The lowest BCUT2D eigenvalue weighted by Gasteiger charge is -2.24. The van der Waals surface area contributed by atoms with Crippen molar-refractivity contribution in [2.75, 3.05) is 23.3 Å². The smallest absolute Gasteiger partial charge is 0.234 e. The number of hydrogen-bond acceptors (Lipinski definition) is 2. The molecule has 1 aromatic heterocycles. The van der Waals surface area contributed by atoms with Crippen molar-refractivity contribution < 1.29 is 9.18 Å². The van der Waals surface area contributed by atoms with E-state index in [1.165, 1.54) is 30.7 Å². The van der Waals surface area contributed by atoms with Gasteiger partial charge in [-0.25, -0.2) is 4.39 Å². The van der Waals surface area contributed by atoms with Crippen molar-refractivity contribution in [3.05, 3.63) is 60.0 Å². The highest BCUT2D eigenvalue weighted by Crippen LogP contribution is 2.32. The zero-order valence-corrected chi connectivity index (χ0v) is 15.7. The van der Waals surface area contributed by atoms with Gasteiger partial charge in [0.15, 0.2) is 0 Å². The molecule has 0 saturated carbocycles. The highest BCUT2D eigenvalue weighted by atomic mass is 19.1. The molecule has 1 aliphatic rings. The van der Waals surface area contributed by atoms with Crippen LogP contribution in [0.4, 0.5) is 15.8 Å². The quantitative estimate of drug-likeness (QED) is 0.696. The van der Waals surface area contributed by atoms with Crippen LogP contribution < -0.4 is 10.2 Å². The van der Waals surface area contributed by atoms with E-state index in [1.807, 2.05) is 26.0 Å². The number of H-pyrrole nitrogens is 1. The molecule has 5 heteroatoms. The molecular weight excluding hydrogens is 341 g/mol. The molecule has 2 heterocycles. The van der Waals surface area contributed by atoms with E-state index in [0.717, 1.165) is 29.7 Å². The molecule has 0 unspecified atom stereocenters. The van der Waals surface area contributed by atoms with Crippen molar-refractivity contribution >= 4 is 28.2 Å². The lowest BCUT2D eigenvalue weighted by atomic mass is 9.83. The standard InChI is InChI=1S/C22H24FN3O/c1-22(2,19-14-24-20-13-15(23)5-10-18(19)20)21(27)25-16-6-8-17(9-7-16)26-11-3-4-12-26/h5-10,13-14,24H,3-4,11-12H2,1-2H3,(H,25,27). The summed E-state index contributed by atoms with van der Waals surface area (Å²) < 4.78 is 13.4. The van der Waals surface area contributed by atoms with Gasteiger partial charge in [0.1, 0.15) is 5.82 Å². The summed E-state index contributed by atoms with van der Waals surface area (Å²) >= 11 is 0. The van der Waals surface area contributed by atoms with Gasteiger partial charge in [-0.2, -0.15) is 0 Å². The second-order valence-electron chi connectivity index (χ2n) is 7.71. The van der Waals surface area contributed by atoms with Crippen molar-refractivity contribution in [2.45, 2.75) is 32.1 Å². The van der Waals surface area contributed by atoms with Gasteiger partial charge >= 0.3 is 0 Å². The maximum atomic E-state index is 13.4. The molecule has 1 amide bonds. The van der Waals surface area contributed by atoms with Gasteiger partial charge in [0.05, 0.1) is 5.41 Å². The van der Waals surface area contributed by atoms with Crippen molar-refractivity contribution in [2.24, 2.45) is 0 Å². The van der Waals surface area contributed by atoms with Crippen molar-refractivity contribution in [3.8, 4) is 0 Å². The predicted molar refractivity (Wildman–Crippen MR) is 108 cm³/mol. The Bertz CT molecular complexity index is 969. The average molecular weight is 365 g/mol. The van der Waals surface area contributed by atoms with Gasteiger partial charge in [-0.1, -0.05) is 0 Å². The molecule has 1 aliphatic heterocycles. The van der Waals surface area contributed by atoms with Gasteiger partial charge in [-0.3, -0.25) is 4.79 Å². The Morgan fingerprint density at radius 2 is 1.81 bits per heavy atom. The fraction of sp³-hybridized carbons (Fsp3) is 0.318. The first-order valence-corrected chi connectivity index (χ1v) is 9.39. The Labute approximate surface area is 158 Å². The van der Waals surface area contributed by atoms with Crippen molar-refractivity contribution in [3.63, 3.8) is 0 Å². The van der Waals surface area contributed by atoms with Gasteiger partial charge in [0.25, 0.3) is 0 Å². The van der Waals surface area contributed by atoms with Crippen LogP contribution in [0, 0.1) is 5.82 Å². The molecule has 140 valence electrons. The summed E-state index contributed by atoms with van der Waals surface area (Å²) in [6.07, 6.45) is 4.27. The molecule has 0 atom stereocenters. The predicted octanol–water partition coefficient (Wildman–Crippen LogP) is 4.82. The number of aromatic nitrogens is 1. The highest BCUT2D eigenvalue weighted by Gasteiger charge is 2.32. The third-order valence-electron chi connectivity index (χ3n) is 5.48. The number of halogens is 1. The monoisotopic (exact) mass is 365 g/mol. The summed E-state index contributed by atoms with van der Waals surface area (Å²) in [7, 11) is 0. The number of aromatic amines is 1. The normalized spacial score (nSPS) is 14.7. The number of carbonyl (C=O) groups excluding carboxylic acids is 1. The number of amides is 1. The summed E-state index contributed by atoms with van der Waals surface area (Å²) in [5, 5.41) is 3.88. The van der Waals surface area contributed by atoms with Crippen LogP contribution >= 0.6 is 0 Å². The summed E-state index contributed by atoms with van der Waals surface area (Å²) in [4.78, 5) is 18.4. The lowest BCUT2D eigenvalue weighted by molar-refractivity contribution is -0.120. The lowest BCUT2D eigenvalue weighted by Crippen LogP contribution is -2.34. The fourth-order valence-corrected chi connectivity index (χ4v) is 3.76. The number of hydrogen-bond donors (Lipinski definition) is 2. The third-order valence-corrected chi connectivity index (χ3v) is 5.48. The molecule has 0 aliphatic carbocycles. The number of nitrogens with one attached hydrogen (secondary N) is 2. The molecule has 1 fully saturated rings. The van der Waals surface area contributed by atoms with E-state index >= 15 is 0 Å². The van der Waals surface area contributed by atoms with Crippen LogP contribution in [0.25, 0.3) is 10.9 Å². The van der Waals surface area contributed by atoms with Gasteiger partial charge in [0.2, 0.25) is 5.91 Å². The van der Waals surface area contributed by atoms with Crippen molar-refractivity contribution in [1.29, 1.82) is 0 Å². The number of nitrogens with zero attached hydrogens (tertiary/aromatic N) is 1. The molecule has 0 radical (unpaired) electrons. The second kappa shape index (κ2) is 6.72. The Kier molecular flexibility index (Phi) is 4.38. The minimum atomic E-state index is -0.760. The molecule has 27 heavy (non-hydrogen) atoms. The van der Waals surface area contributed by atoms with E-state index < -0.39 is 5.41 Å². The highest BCUT2D eigenvalue weighted by molar-refractivity contribution is 6.01. The number of fused-ring (bicyclic) bond motifs is 1. The van der Waals surface area contributed by atoms with Crippen LogP contribution in [0.15, 0.2) is 48.7 Å². The van der Waals surface area contributed by atoms with Crippen molar-refractivity contribution in [1.82, 2.24) is 4.98 Å². The largest absolute Gasteiger partial charge is 0.372 e. The molecule has 3 aromatic rings. The summed E-state index contributed by atoms with van der Waals surface area (Å²) in [5.74, 6) is -0.391. The van der Waals surface area contributed by atoms with Crippen LogP contribution in [0.3, 0.4) is 0 Å². The van der Waals surface area contributed by atoms with Crippen LogP contribution in [-0.2, 0) is 10.2 Å². The second-order valence-corrected chi connectivity index (χ2v) is 7.71. The average Bonchev–Trinajstić information content (AvgIpc) is 3.32. The van der Waals surface area contributed by atoms with Crippen LogP contribution in [0.2, 0.25) is 0 Å². The van der Waals surface area contributed by atoms with E-state index in [9.17, 15) is 9.18 Å². The maximum absolute atomic E-state index is 13.4. The first-order chi connectivity index (χ1) is 12.9. The Balaban J connectivity index is 1.54. The Hall–Kier alpha value is -2.82. The molecule has 0 bridgehead atoms. The van der Waals surface area contributed by atoms with Crippen LogP contribution in [0.1, 0.15) is 32.3 Å². The number of carbonyl (C=O) groups is 1. The number of rotatable bonds is 4. The molecule has 0 spiro atoms. The number of benzene rings is 2. The van der Waals surface area contributed by atoms with E-state index in [-0.39, 0.29) is 11.7 Å². The van der Waals surface area contributed by atoms with E-state index in [4.69, 9.17) is 0 Å².